The molecule has 1 aliphatic rings. The lowest BCUT2D eigenvalue weighted by atomic mass is 9.95. The van der Waals surface area contributed by atoms with E-state index in [-0.39, 0.29) is 24.2 Å². The highest BCUT2D eigenvalue weighted by atomic mass is 35.5. The maximum Gasteiger partial charge on any atom is 0.304 e. The smallest absolute Gasteiger partial charge is 0.304 e. The van der Waals surface area contributed by atoms with Crippen LogP contribution in [0.5, 0.6) is 0 Å². The second-order valence-corrected chi connectivity index (χ2v) is 11.9. The van der Waals surface area contributed by atoms with Crippen molar-refractivity contribution in [1.82, 2.24) is 14.5 Å². The van der Waals surface area contributed by atoms with E-state index in [1.54, 1.807) is 31.2 Å². The lowest BCUT2D eigenvalue weighted by Crippen LogP contribution is -2.53. The maximum atomic E-state index is 14.7. The van der Waals surface area contributed by atoms with Crippen LogP contribution in [0.25, 0.3) is 0 Å². The molecule has 1 unspecified atom stereocenters. The Labute approximate surface area is 223 Å². The highest BCUT2D eigenvalue weighted by molar-refractivity contribution is 7.90. The van der Waals surface area contributed by atoms with Gasteiger partial charge in [0.25, 0.3) is 0 Å². The molecule has 0 radical (unpaired) electrons. The van der Waals surface area contributed by atoms with Crippen molar-refractivity contribution in [3.05, 3.63) is 64.9 Å². The molecule has 2 amide bonds. The van der Waals surface area contributed by atoms with Crippen molar-refractivity contribution in [2.75, 3.05) is 24.9 Å². The largest absolute Gasteiger partial charge is 0.352 e. The molecule has 2 aromatic carbocycles. The van der Waals surface area contributed by atoms with Crippen molar-refractivity contribution in [1.29, 1.82) is 0 Å². The molecule has 2 aromatic rings. The summed E-state index contributed by atoms with van der Waals surface area (Å²) in [5.74, 6) is -1.75. The second-order valence-electron chi connectivity index (χ2n) is 9.42. The summed E-state index contributed by atoms with van der Waals surface area (Å²) in [5, 5.41) is 3.56. The summed E-state index contributed by atoms with van der Waals surface area (Å²) in [6.45, 7) is 0.971. The predicted molar refractivity (Wildman–Crippen MR) is 143 cm³/mol. The molecule has 0 heterocycles. The van der Waals surface area contributed by atoms with E-state index >= 15 is 0 Å². The zero-order valence-electron chi connectivity index (χ0n) is 21.4. The van der Waals surface area contributed by atoms with Gasteiger partial charge in [-0.15, -0.1) is 0 Å². The van der Waals surface area contributed by atoms with Gasteiger partial charge in [0.2, 0.25) is 11.8 Å². The summed E-state index contributed by atoms with van der Waals surface area (Å²) < 4.78 is 42.6. The van der Waals surface area contributed by atoms with Gasteiger partial charge in [0.15, 0.2) is 0 Å². The van der Waals surface area contributed by atoms with Crippen LogP contribution in [0.1, 0.15) is 44.6 Å². The fourth-order valence-corrected chi connectivity index (χ4v) is 5.48. The Morgan fingerprint density at radius 1 is 1.05 bits per heavy atom. The summed E-state index contributed by atoms with van der Waals surface area (Å²) in [5.41, 5.74) is 0.457. The van der Waals surface area contributed by atoms with Crippen LogP contribution in [0.2, 0.25) is 5.02 Å². The minimum atomic E-state index is -4.23. The van der Waals surface area contributed by atoms with Crippen LogP contribution in [0, 0.1) is 5.82 Å². The van der Waals surface area contributed by atoms with E-state index in [0.29, 0.717) is 10.6 Å². The minimum Gasteiger partial charge on any atom is -0.352 e. The molecule has 0 spiro atoms. The van der Waals surface area contributed by atoms with E-state index in [0.717, 1.165) is 46.8 Å². The standard InChI is InChI=1S/C26H34ClFN4O4S/c1-19(26(34)29-22-9-5-4-6-10-22)31(17-20-13-15-21(27)16-14-20)25(33)18-32(37(35,36)30(2)3)24-12-8-7-11-23(24)28/h7-8,11-16,19,22H,4-6,9-10,17-18H2,1-3H3,(H,29,34). The number of carbonyl (C=O) groups is 2. The third-order valence-corrected chi connectivity index (χ3v) is 8.58. The van der Waals surface area contributed by atoms with Crippen LogP contribution in [0.4, 0.5) is 10.1 Å². The van der Waals surface area contributed by atoms with Gasteiger partial charge in [0, 0.05) is 31.7 Å². The molecular weight excluding hydrogens is 519 g/mol. The molecule has 0 aliphatic heterocycles. The third-order valence-electron chi connectivity index (χ3n) is 6.52. The molecule has 8 nitrogen and oxygen atoms in total. The Hall–Kier alpha value is -2.69. The Balaban J connectivity index is 1.92. The van der Waals surface area contributed by atoms with E-state index in [1.807, 2.05) is 0 Å². The number of nitrogens with zero attached hydrogens (tertiary/aromatic N) is 3. The normalized spacial score (nSPS) is 15.3. The van der Waals surface area contributed by atoms with Crippen molar-refractivity contribution in [3.8, 4) is 0 Å². The molecule has 1 aliphatic carbocycles. The van der Waals surface area contributed by atoms with Gasteiger partial charge >= 0.3 is 10.2 Å². The quantitative estimate of drug-likeness (QED) is 0.483. The summed E-state index contributed by atoms with van der Waals surface area (Å²) in [7, 11) is -1.62. The number of halogens is 2. The van der Waals surface area contributed by atoms with E-state index in [9.17, 15) is 22.4 Å². The highest BCUT2D eigenvalue weighted by Gasteiger charge is 2.34. The lowest BCUT2D eigenvalue weighted by molar-refractivity contribution is -0.139. The number of amides is 2. The molecule has 0 saturated heterocycles. The second kappa shape index (κ2) is 12.7. The predicted octanol–water partition coefficient (Wildman–Crippen LogP) is 3.96. The van der Waals surface area contributed by atoms with Crippen molar-refractivity contribution < 1.29 is 22.4 Å². The van der Waals surface area contributed by atoms with Gasteiger partial charge in [-0.25, -0.2) is 8.70 Å². The number of nitrogens with one attached hydrogen (secondary N) is 1. The number of carbonyl (C=O) groups excluding carboxylic acids is 2. The molecule has 0 bridgehead atoms. The molecule has 37 heavy (non-hydrogen) atoms. The number of hydrogen-bond acceptors (Lipinski definition) is 4. The van der Waals surface area contributed by atoms with E-state index in [2.05, 4.69) is 5.32 Å². The average molecular weight is 553 g/mol. The zero-order chi connectivity index (χ0) is 27.2. The number of hydrogen-bond donors (Lipinski definition) is 1. The molecule has 1 fully saturated rings. The summed E-state index contributed by atoms with van der Waals surface area (Å²) in [6, 6.07) is 11.3. The van der Waals surface area contributed by atoms with Gasteiger partial charge in [-0.3, -0.25) is 9.59 Å². The molecule has 1 N–H and O–H groups in total. The molecule has 3 rings (SSSR count). The molecular formula is C26H34ClFN4O4S. The number of para-hydroxylation sites is 1. The van der Waals surface area contributed by atoms with Crippen molar-refractivity contribution in [2.24, 2.45) is 0 Å². The van der Waals surface area contributed by atoms with Crippen molar-refractivity contribution in [3.63, 3.8) is 0 Å². The van der Waals surface area contributed by atoms with Gasteiger partial charge in [-0.2, -0.15) is 12.7 Å². The zero-order valence-corrected chi connectivity index (χ0v) is 22.9. The highest BCUT2D eigenvalue weighted by Crippen LogP contribution is 2.24. The van der Waals surface area contributed by atoms with Gasteiger partial charge in [-0.05, 0) is 49.6 Å². The first-order valence-electron chi connectivity index (χ1n) is 12.3. The SMILES string of the molecule is CC(C(=O)NC1CCCCC1)N(Cc1ccc(Cl)cc1)C(=O)CN(c1ccccc1F)S(=O)(=O)N(C)C. The summed E-state index contributed by atoms with van der Waals surface area (Å²) in [4.78, 5) is 28.2. The molecule has 1 atom stereocenters. The summed E-state index contributed by atoms with van der Waals surface area (Å²) in [6.07, 6.45) is 4.96. The minimum absolute atomic E-state index is 0.0419. The molecule has 1 saturated carbocycles. The molecule has 202 valence electrons. The number of benzene rings is 2. The van der Waals surface area contributed by atoms with Crippen molar-refractivity contribution >= 4 is 39.3 Å². The Morgan fingerprint density at radius 2 is 1.68 bits per heavy atom. The van der Waals surface area contributed by atoms with E-state index in [4.69, 9.17) is 11.6 Å². The Bertz CT molecular complexity index is 1190. The van der Waals surface area contributed by atoms with E-state index in [1.165, 1.54) is 37.2 Å². The summed E-state index contributed by atoms with van der Waals surface area (Å²) >= 11 is 6.01. The fraction of sp³-hybridized carbons (Fsp3) is 0.462. The first-order valence-corrected chi connectivity index (χ1v) is 14.1. The van der Waals surface area contributed by atoms with Crippen molar-refractivity contribution in [2.45, 2.75) is 57.7 Å². The van der Waals surface area contributed by atoms with Gasteiger partial charge < -0.3 is 10.2 Å². The van der Waals surface area contributed by atoms with Gasteiger partial charge in [-0.1, -0.05) is 55.1 Å². The Morgan fingerprint density at radius 3 is 2.27 bits per heavy atom. The monoisotopic (exact) mass is 552 g/mol. The average Bonchev–Trinajstić information content (AvgIpc) is 2.87. The Kier molecular flexibility index (Phi) is 9.92. The molecule has 0 aromatic heterocycles. The van der Waals surface area contributed by atoms with Crippen LogP contribution in [0.15, 0.2) is 48.5 Å². The van der Waals surface area contributed by atoms with Crippen LogP contribution < -0.4 is 9.62 Å². The lowest BCUT2D eigenvalue weighted by Gasteiger charge is -2.34. The molecule has 11 heteroatoms. The van der Waals surface area contributed by atoms with E-state index < -0.39 is 34.5 Å². The maximum absolute atomic E-state index is 14.7. The topological polar surface area (TPSA) is 90.0 Å². The first kappa shape index (κ1) is 28.9. The van der Waals surface area contributed by atoms with Crippen LogP contribution in [0.3, 0.4) is 0 Å². The van der Waals surface area contributed by atoms with Crippen LogP contribution in [-0.4, -0.2) is 62.2 Å². The van der Waals surface area contributed by atoms with Crippen LogP contribution in [-0.2, 0) is 26.3 Å². The number of rotatable bonds is 10. The first-order chi connectivity index (χ1) is 17.5. The third kappa shape index (κ3) is 7.43. The number of anilines is 1. The fourth-order valence-electron chi connectivity index (χ4n) is 4.29. The van der Waals surface area contributed by atoms with Gasteiger partial charge in [0.05, 0.1) is 5.69 Å². The van der Waals surface area contributed by atoms with Gasteiger partial charge in [0.1, 0.15) is 18.4 Å². The van der Waals surface area contributed by atoms with Crippen LogP contribution >= 0.6 is 11.6 Å².